The van der Waals surface area contributed by atoms with Gasteiger partial charge in [0, 0.05) is 24.7 Å². The molecule has 1 aliphatic rings. The van der Waals surface area contributed by atoms with Crippen molar-refractivity contribution in [1.82, 2.24) is 4.90 Å². The van der Waals surface area contributed by atoms with E-state index >= 15 is 0 Å². The quantitative estimate of drug-likeness (QED) is 0.912. The highest BCUT2D eigenvalue weighted by atomic mass is 35.5. The topological polar surface area (TPSA) is 40.5 Å². The van der Waals surface area contributed by atoms with Gasteiger partial charge in [0.1, 0.15) is 5.82 Å². The number of benzene rings is 2. The van der Waals surface area contributed by atoms with Crippen LogP contribution in [0.15, 0.2) is 42.5 Å². The van der Waals surface area contributed by atoms with Gasteiger partial charge >= 0.3 is 0 Å². The van der Waals surface area contributed by atoms with Crippen LogP contribution >= 0.6 is 11.6 Å². The standard InChI is InChI=1S/C19H19ClFNO2/c20-16-6-3-14(4-7-16)15-5-8-17(18(21)10-15)19(24)22-9-1-2-13(11-22)12-23/h3-8,10,13,23H,1-2,9,11-12H2. The van der Waals surface area contributed by atoms with Gasteiger partial charge in [-0.3, -0.25) is 4.79 Å². The van der Waals surface area contributed by atoms with E-state index in [2.05, 4.69) is 0 Å². The molecule has 0 aromatic heterocycles. The number of likely N-dealkylation sites (tertiary alicyclic amines) is 1. The summed E-state index contributed by atoms with van der Waals surface area (Å²) in [4.78, 5) is 14.2. The Bertz CT molecular complexity index is 733. The Balaban J connectivity index is 1.81. The van der Waals surface area contributed by atoms with E-state index in [-0.39, 0.29) is 24.0 Å². The molecule has 1 heterocycles. The predicted molar refractivity (Wildman–Crippen MR) is 92.6 cm³/mol. The Kier molecular flexibility index (Phi) is 5.17. The molecule has 1 N–H and O–H groups in total. The molecular weight excluding hydrogens is 329 g/mol. The van der Waals surface area contributed by atoms with Crippen LogP contribution in [-0.4, -0.2) is 35.6 Å². The Morgan fingerprint density at radius 3 is 2.58 bits per heavy atom. The molecular formula is C19H19ClFNO2. The van der Waals surface area contributed by atoms with Gasteiger partial charge in [-0.2, -0.15) is 0 Å². The summed E-state index contributed by atoms with van der Waals surface area (Å²) >= 11 is 5.86. The van der Waals surface area contributed by atoms with Gasteiger partial charge in [0.2, 0.25) is 0 Å². The van der Waals surface area contributed by atoms with Crippen LogP contribution in [0, 0.1) is 11.7 Å². The molecule has 1 amide bonds. The molecule has 24 heavy (non-hydrogen) atoms. The fourth-order valence-electron chi connectivity index (χ4n) is 3.08. The molecule has 1 unspecified atom stereocenters. The number of nitrogens with zero attached hydrogens (tertiary/aromatic N) is 1. The summed E-state index contributed by atoms with van der Waals surface area (Å²) in [6.07, 6.45) is 1.74. The summed E-state index contributed by atoms with van der Waals surface area (Å²) < 4.78 is 14.5. The van der Waals surface area contributed by atoms with Crippen molar-refractivity contribution in [2.75, 3.05) is 19.7 Å². The molecule has 5 heteroatoms. The minimum Gasteiger partial charge on any atom is -0.396 e. The molecule has 1 aliphatic heterocycles. The SMILES string of the molecule is O=C(c1ccc(-c2ccc(Cl)cc2)cc1F)N1CCCC(CO)C1. The summed E-state index contributed by atoms with van der Waals surface area (Å²) in [5, 5.41) is 9.90. The maximum absolute atomic E-state index is 14.5. The Hall–Kier alpha value is -1.91. The van der Waals surface area contributed by atoms with E-state index in [1.807, 2.05) is 12.1 Å². The summed E-state index contributed by atoms with van der Waals surface area (Å²) in [7, 11) is 0. The zero-order valence-electron chi connectivity index (χ0n) is 13.2. The first-order valence-electron chi connectivity index (χ1n) is 8.04. The number of piperidine rings is 1. The molecule has 0 bridgehead atoms. The van der Waals surface area contributed by atoms with Crippen LogP contribution in [0.3, 0.4) is 0 Å². The van der Waals surface area contributed by atoms with Gasteiger partial charge in [-0.25, -0.2) is 4.39 Å². The zero-order valence-corrected chi connectivity index (χ0v) is 14.0. The molecule has 2 aromatic rings. The lowest BCUT2D eigenvalue weighted by atomic mass is 9.97. The largest absolute Gasteiger partial charge is 0.396 e. The third-order valence-corrected chi connectivity index (χ3v) is 4.69. The lowest BCUT2D eigenvalue weighted by Gasteiger charge is -2.32. The number of halogens is 2. The number of rotatable bonds is 3. The lowest BCUT2D eigenvalue weighted by molar-refractivity contribution is 0.0616. The summed E-state index contributed by atoms with van der Waals surface area (Å²) in [6.45, 7) is 1.14. The highest BCUT2D eigenvalue weighted by Gasteiger charge is 2.25. The van der Waals surface area contributed by atoms with Gasteiger partial charge in [-0.1, -0.05) is 29.8 Å². The molecule has 2 aromatic carbocycles. The second kappa shape index (κ2) is 7.32. The zero-order chi connectivity index (χ0) is 17.1. The Labute approximate surface area is 145 Å². The number of carbonyl (C=O) groups excluding carboxylic acids is 1. The first-order chi connectivity index (χ1) is 11.6. The molecule has 3 nitrogen and oxygen atoms in total. The van der Waals surface area contributed by atoms with Crippen molar-refractivity contribution in [3.05, 3.63) is 58.9 Å². The minimum atomic E-state index is -0.529. The van der Waals surface area contributed by atoms with Crippen LogP contribution in [0.1, 0.15) is 23.2 Å². The van der Waals surface area contributed by atoms with Crippen molar-refractivity contribution in [3.8, 4) is 11.1 Å². The van der Waals surface area contributed by atoms with E-state index in [0.717, 1.165) is 18.4 Å². The maximum Gasteiger partial charge on any atom is 0.256 e. The van der Waals surface area contributed by atoms with Crippen molar-refractivity contribution in [2.24, 2.45) is 5.92 Å². The van der Waals surface area contributed by atoms with E-state index in [9.17, 15) is 14.3 Å². The Morgan fingerprint density at radius 2 is 1.92 bits per heavy atom. The van der Waals surface area contributed by atoms with Crippen LogP contribution in [0.4, 0.5) is 4.39 Å². The van der Waals surface area contributed by atoms with Gasteiger partial charge in [0.05, 0.1) is 5.56 Å². The molecule has 0 radical (unpaired) electrons. The summed E-state index contributed by atoms with van der Waals surface area (Å²) in [5.74, 6) is -0.758. The maximum atomic E-state index is 14.5. The molecule has 126 valence electrons. The molecule has 1 saturated heterocycles. The molecule has 3 rings (SSSR count). The average molecular weight is 348 g/mol. The van der Waals surface area contributed by atoms with E-state index in [1.165, 1.54) is 12.1 Å². The van der Waals surface area contributed by atoms with Crippen LogP contribution < -0.4 is 0 Å². The van der Waals surface area contributed by atoms with Gasteiger partial charge in [-0.05, 0) is 54.2 Å². The lowest BCUT2D eigenvalue weighted by Crippen LogP contribution is -2.41. The Morgan fingerprint density at radius 1 is 1.21 bits per heavy atom. The molecule has 0 saturated carbocycles. The van der Waals surface area contributed by atoms with Crippen molar-refractivity contribution in [1.29, 1.82) is 0 Å². The van der Waals surface area contributed by atoms with E-state index in [4.69, 9.17) is 11.6 Å². The van der Waals surface area contributed by atoms with Gasteiger partial charge in [0.15, 0.2) is 0 Å². The van der Waals surface area contributed by atoms with Crippen molar-refractivity contribution < 1.29 is 14.3 Å². The second-order valence-electron chi connectivity index (χ2n) is 6.14. The van der Waals surface area contributed by atoms with Crippen LogP contribution in [-0.2, 0) is 0 Å². The van der Waals surface area contributed by atoms with Crippen LogP contribution in [0.2, 0.25) is 5.02 Å². The van der Waals surface area contributed by atoms with E-state index in [0.29, 0.717) is 23.7 Å². The van der Waals surface area contributed by atoms with E-state index in [1.54, 1.807) is 23.1 Å². The number of hydrogen-bond acceptors (Lipinski definition) is 2. The number of aliphatic hydroxyl groups is 1. The smallest absolute Gasteiger partial charge is 0.256 e. The second-order valence-corrected chi connectivity index (χ2v) is 6.58. The highest BCUT2D eigenvalue weighted by Crippen LogP contribution is 2.25. The number of hydrogen-bond donors (Lipinski definition) is 1. The fraction of sp³-hybridized carbons (Fsp3) is 0.316. The van der Waals surface area contributed by atoms with Crippen molar-refractivity contribution in [2.45, 2.75) is 12.8 Å². The van der Waals surface area contributed by atoms with Crippen molar-refractivity contribution >= 4 is 17.5 Å². The minimum absolute atomic E-state index is 0.0573. The van der Waals surface area contributed by atoms with Gasteiger partial charge < -0.3 is 10.0 Å². The molecule has 1 fully saturated rings. The van der Waals surface area contributed by atoms with E-state index < -0.39 is 5.82 Å². The monoisotopic (exact) mass is 347 g/mol. The molecule has 0 aliphatic carbocycles. The number of amides is 1. The fourth-order valence-corrected chi connectivity index (χ4v) is 3.21. The third-order valence-electron chi connectivity index (χ3n) is 4.44. The summed E-state index contributed by atoms with van der Waals surface area (Å²) in [6, 6.07) is 11.8. The molecule has 1 atom stereocenters. The summed E-state index contributed by atoms with van der Waals surface area (Å²) in [5.41, 5.74) is 1.62. The third kappa shape index (κ3) is 3.60. The van der Waals surface area contributed by atoms with Gasteiger partial charge in [0.25, 0.3) is 5.91 Å². The molecule has 0 spiro atoms. The van der Waals surface area contributed by atoms with Crippen LogP contribution in [0.5, 0.6) is 0 Å². The van der Waals surface area contributed by atoms with Gasteiger partial charge in [-0.15, -0.1) is 0 Å². The predicted octanol–water partition coefficient (Wildman–Crippen LogP) is 3.99. The van der Waals surface area contributed by atoms with Crippen molar-refractivity contribution in [3.63, 3.8) is 0 Å². The van der Waals surface area contributed by atoms with Crippen LogP contribution in [0.25, 0.3) is 11.1 Å². The normalized spacial score (nSPS) is 17.8. The first-order valence-corrected chi connectivity index (χ1v) is 8.42. The first kappa shape index (κ1) is 16.9. The number of aliphatic hydroxyl groups excluding tert-OH is 1. The highest BCUT2D eigenvalue weighted by molar-refractivity contribution is 6.30. The number of carbonyl (C=O) groups is 1. The average Bonchev–Trinajstić information content (AvgIpc) is 2.62.